The number of halogens is 2. The molecule has 0 bridgehead atoms. The Morgan fingerprint density at radius 1 is 0.688 bits per heavy atom. The van der Waals surface area contributed by atoms with Crippen molar-refractivity contribution >= 4 is 29.0 Å². The average molecular weight is 680 g/mol. The number of aliphatic hydroxyl groups is 1. The van der Waals surface area contributed by atoms with E-state index in [1.807, 2.05) is 0 Å². The maximum atomic E-state index is 12.2. The van der Waals surface area contributed by atoms with Crippen LogP contribution in [0.1, 0.15) is 40.2 Å². The van der Waals surface area contributed by atoms with Gasteiger partial charge in [-0.3, -0.25) is 9.78 Å². The second kappa shape index (κ2) is 16.3. The molecule has 240 valence electrons. The highest BCUT2D eigenvalue weighted by molar-refractivity contribution is 6.30. The minimum absolute atomic E-state index is 0.237. The number of ketones is 1. The molecule has 1 N–H and O–H groups in total. The smallest absolute Gasteiger partial charge is 0.214 e. The summed E-state index contributed by atoms with van der Waals surface area (Å²) >= 11 is 11.7. The molecule has 0 fully saturated rings. The zero-order valence-electron chi connectivity index (χ0n) is 25.4. The second-order valence-electron chi connectivity index (χ2n) is 10.1. The first-order chi connectivity index (χ1) is 23.3. The van der Waals surface area contributed by atoms with Gasteiger partial charge >= 0.3 is 0 Å². The fourth-order valence-corrected chi connectivity index (χ4v) is 4.60. The van der Waals surface area contributed by atoms with Crippen LogP contribution in [0.3, 0.4) is 0 Å². The third-order valence-corrected chi connectivity index (χ3v) is 7.30. The van der Waals surface area contributed by atoms with Crippen LogP contribution in [0.2, 0.25) is 10.0 Å². The molecule has 0 saturated heterocycles. The first-order valence-electron chi connectivity index (χ1n) is 14.5. The van der Waals surface area contributed by atoms with Crippen LogP contribution in [-0.4, -0.2) is 40.8 Å². The van der Waals surface area contributed by atoms with Gasteiger partial charge in [0.2, 0.25) is 5.78 Å². The summed E-state index contributed by atoms with van der Waals surface area (Å²) < 4.78 is 11.4. The monoisotopic (exact) mass is 678 g/mol. The summed E-state index contributed by atoms with van der Waals surface area (Å²) in [6, 6.07) is 20.8. The molecule has 0 radical (unpaired) electrons. The zero-order valence-corrected chi connectivity index (χ0v) is 26.9. The van der Waals surface area contributed by atoms with Crippen molar-refractivity contribution < 1.29 is 19.4 Å². The molecule has 6 rings (SSSR count). The molecule has 1 atom stereocenters. The van der Waals surface area contributed by atoms with E-state index in [1.54, 1.807) is 97.5 Å². The molecule has 0 spiro atoms. The molecule has 0 aliphatic heterocycles. The predicted octanol–water partition coefficient (Wildman–Crippen LogP) is 8.07. The van der Waals surface area contributed by atoms with Crippen LogP contribution in [0, 0.1) is 0 Å². The van der Waals surface area contributed by atoms with Gasteiger partial charge in [-0.15, -0.1) is 6.58 Å². The van der Waals surface area contributed by atoms with Crippen molar-refractivity contribution in [3.8, 4) is 23.0 Å². The fourth-order valence-electron chi connectivity index (χ4n) is 4.35. The number of nitrogens with zero attached hydrogens (tertiary/aromatic N) is 6. The summed E-state index contributed by atoms with van der Waals surface area (Å²) in [6.45, 7) is 3.73. The van der Waals surface area contributed by atoms with Crippen molar-refractivity contribution in [2.45, 2.75) is 18.4 Å². The van der Waals surface area contributed by atoms with E-state index in [2.05, 4.69) is 36.5 Å². The quantitative estimate of drug-likeness (QED) is 0.106. The first-order valence-corrected chi connectivity index (χ1v) is 15.3. The highest BCUT2D eigenvalue weighted by Gasteiger charge is 2.33. The highest BCUT2D eigenvalue weighted by Crippen LogP contribution is 2.33. The van der Waals surface area contributed by atoms with Crippen LogP contribution < -0.4 is 9.47 Å². The van der Waals surface area contributed by atoms with E-state index in [0.717, 1.165) is 0 Å². The van der Waals surface area contributed by atoms with E-state index in [1.165, 1.54) is 31.2 Å². The van der Waals surface area contributed by atoms with Gasteiger partial charge in [0.1, 0.15) is 46.9 Å². The molecule has 2 aromatic carbocycles. The summed E-state index contributed by atoms with van der Waals surface area (Å²) in [4.78, 5) is 36.3. The number of ether oxygens (including phenoxy) is 2. The minimum atomic E-state index is -1.30. The average Bonchev–Trinajstić information content (AvgIpc) is 3.14. The number of benzene rings is 2. The predicted molar refractivity (Wildman–Crippen MR) is 181 cm³/mol. The number of carbonyl (C=O) groups is 1. The maximum Gasteiger partial charge on any atom is 0.214 e. The van der Waals surface area contributed by atoms with Gasteiger partial charge in [0.25, 0.3) is 0 Å². The van der Waals surface area contributed by atoms with Crippen molar-refractivity contribution in [2.24, 2.45) is 0 Å². The van der Waals surface area contributed by atoms with Crippen LogP contribution in [-0.2, 0) is 5.60 Å². The summed E-state index contributed by atoms with van der Waals surface area (Å²) in [5.74, 6) is 2.15. The van der Waals surface area contributed by atoms with Gasteiger partial charge in [-0.2, -0.15) is 0 Å². The Kier molecular flexibility index (Phi) is 11.5. The number of rotatable bonds is 11. The topological polar surface area (TPSA) is 133 Å². The fraction of sp³-hybridized carbons (Fsp3) is 0.0833. The van der Waals surface area contributed by atoms with E-state index < -0.39 is 5.60 Å². The molecular weight excluding hydrogens is 651 g/mol. The number of aromatic nitrogens is 6. The Labute approximate surface area is 286 Å². The van der Waals surface area contributed by atoms with Gasteiger partial charge in [0.05, 0.1) is 23.7 Å². The zero-order chi connectivity index (χ0) is 33.8. The summed E-state index contributed by atoms with van der Waals surface area (Å²) in [5, 5.41) is 12.5. The third-order valence-electron chi connectivity index (χ3n) is 6.80. The first kappa shape index (κ1) is 33.8. The van der Waals surface area contributed by atoms with E-state index in [4.69, 9.17) is 32.7 Å². The molecule has 0 amide bonds. The minimum Gasteiger partial charge on any atom is -0.456 e. The molecule has 0 aliphatic rings. The van der Waals surface area contributed by atoms with Gasteiger partial charge < -0.3 is 14.6 Å². The standard InChI is InChI=1S/C20H18ClN3O2.C16H10ClN3O2/c1-2-3-10-20(25,15-11-22-14-23-12-15)19-9-8-18(13-24-19)26-17-6-4-16(21)5-7-17;17-12-1-3-13(4-2-12)22-14-5-6-15(20-9-14)16(21)11-7-18-10-19-8-11/h2,4-9,11-14,25H,1,3,10H2;1-10H. The van der Waals surface area contributed by atoms with E-state index in [0.29, 0.717) is 68.4 Å². The summed E-state index contributed by atoms with van der Waals surface area (Å²) in [6.07, 6.45) is 14.8. The Balaban J connectivity index is 0.000000190. The normalized spacial score (nSPS) is 11.7. The molecule has 4 aromatic heterocycles. The number of hydrogen-bond donors (Lipinski definition) is 1. The molecule has 48 heavy (non-hydrogen) atoms. The van der Waals surface area contributed by atoms with Crippen molar-refractivity contribution in [2.75, 3.05) is 0 Å². The molecule has 6 aromatic rings. The Bertz CT molecular complexity index is 1920. The summed E-state index contributed by atoms with van der Waals surface area (Å²) in [5.41, 5.74) is 0.479. The lowest BCUT2D eigenvalue weighted by molar-refractivity contribution is 0.0667. The Morgan fingerprint density at radius 3 is 1.67 bits per heavy atom. The second-order valence-corrected chi connectivity index (χ2v) is 11.0. The Morgan fingerprint density at radius 2 is 1.19 bits per heavy atom. The number of pyridine rings is 2. The van der Waals surface area contributed by atoms with Crippen LogP contribution in [0.5, 0.6) is 23.0 Å². The molecule has 4 heterocycles. The van der Waals surface area contributed by atoms with Gasteiger partial charge in [-0.25, -0.2) is 24.9 Å². The number of allylic oxidation sites excluding steroid dienone is 1. The number of carbonyl (C=O) groups excluding carboxylic acids is 1. The van der Waals surface area contributed by atoms with E-state index in [-0.39, 0.29) is 5.78 Å². The molecule has 10 nitrogen and oxygen atoms in total. The van der Waals surface area contributed by atoms with E-state index >= 15 is 0 Å². The molecular formula is C36H28Cl2N6O4. The van der Waals surface area contributed by atoms with Crippen molar-refractivity contribution in [1.82, 2.24) is 29.9 Å². The molecule has 1 unspecified atom stereocenters. The van der Waals surface area contributed by atoms with Crippen molar-refractivity contribution in [3.63, 3.8) is 0 Å². The lowest BCUT2D eigenvalue weighted by atomic mass is 9.87. The van der Waals surface area contributed by atoms with Gasteiger partial charge in [0, 0.05) is 40.4 Å². The molecule has 12 heteroatoms. The van der Waals surface area contributed by atoms with Gasteiger partial charge in [-0.1, -0.05) is 29.3 Å². The lowest BCUT2D eigenvalue weighted by Crippen LogP contribution is -2.28. The van der Waals surface area contributed by atoms with E-state index in [9.17, 15) is 9.90 Å². The highest BCUT2D eigenvalue weighted by atomic mass is 35.5. The van der Waals surface area contributed by atoms with Gasteiger partial charge in [0.15, 0.2) is 0 Å². The maximum absolute atomic E-state index is 12.2. The van der Waals surface area contributed by atoms with Gasteiger partial charge in [-0.05, 0) is 85.6 Å². The van der Waals surface area contributed by atoms with Crippen molar-refractivity contribution in [1.29, 1.82) is 0 Å². The van der Waals surface area contributed by atoms with Crippen LogP contribution in [0.4, 0.5) is 0 Å². The summed E-state index contributed by atoms with van der Waals surface area (Å²) in [7, 11) is 0. The molecule has 0 saturated carbocycles. The SMILES string of the molecule is C=CCCC(O)(c1cncnc1)c1ccc(Oc2ccc(Cl)cc2)cn1.O=C(c1cncnc1)c1ccc(Oc2ccc(Cl)cc2)cn1. The molecule has 0 aliphatic carbocycles. The lowest BCUT2D eigenvalue weighted by Gasteiger charge is -2.27. The van der Waals surface area contributed by atoms with Crippen molar-refractivity contribution in [3.05, 3.63) is 168 Å². The van der Waals surface area contributed by atoms with Crippen LogP contribution in [0.25, 0.3) is 0 Å². The Hall–Kier alpha value is -5.55. The van der Waals surface area contributed by atoms with Crippen LogP contribution in [0.15, 0.2) is 135 Å². The number of hydrogen-bond acceptors (Lipinski definition) is 10. The largest absolute Gasteiger partial charge is 0.456 e. The third kappa shape index (κ3) is 9.04. The van der Waals surface area contributed by atoms with Crippen LogP contribution >= 0.6 is 23.2 Å².